The molecule has 1 aliphatic carbocycles. The highest BCUT2D eigenvalue weighted by atomic mass is 15.2. The van der Waals surface area contributed by atoms with Crippen LogP contribution in [0.1, 0.15) is 25.0 Å². The summed E-state index contributed by atoms with van der Waals surface area (Å²) in [6, 6.07) is 95.6. The lowest BCUT2D eigenvalue weighted by atomic mass is 9.81. The quantitative estimate of drug-likeness (QED) is 0.121. The molecule has 73 heavy (non-hydrogen) atoms. The van der Waals surface area contributed by atoms with Gasteiger partial charge < -0.3 is 9.80 Å². The zero-order chi connectivity index (χ0) is 48.4. The van der Waals surface area contributed by atoms with Crippen molar-refractivity contribution < 1.29 is 0 Å². The molecule has 0 heterocycles. The van der Waals surface area contributed by atoms with Crippen molar-refractivity contribution in [2.75, 3.05) is 9.80 Å². The van der Waals surface area contributed by atoms with Crippen molar-refractivity contribution in [3.05, 3.63) is 266 Å². The third-order valence-corrected chi connectivity index (χ3v) is 16.0. The molecule has 0 bridgehead atoms. The van der Waals surface area contributed by atoms with Gasteiger partial charge in [0, 0.05) is 49.7 Å². The summed E-state index contributed by atoms with van der Waals surface area (Å²) in [5.41, 5.74) is 11.8. The highest BCUT2D eigenvalue weighted by Crippen LogP contribution is 2.57. The van der Waals surface area contributed by atoms with E-state index in [0.29, 0.717) is 0 Å². The van der Waals surface area contributed by atoms with Gasteiger partial charge in [0.15, 0.2) is 0 Å². The molecule has 2 nitrogen and oxygen atoms in total. The third kappa shape index (κ3) is 6.50. The largest absolute Gasteiger partial charge is 0.309 e. The number of benzene rings is 14. The van der Waals surface area contributed by atoms with Crippen LogP contribution in [-0.2, 0) is 5.41 Å². The number of anilines is 6. The topological polar surface area (TPSA) is 6.48 Å². The maximum Gasteiger partial charge on any atom is 0.0620 e. The molecule has 0 unspecified atom stereocenters. The Hall–Kier alpha value is -9.24. The minimum absolute atomic E-state index is 0.236. The Morgan fingerprint density at radius 3 is 1.03 bits per heavy atom. The van der Waals surface area contributed by atoms with Crippen molar-refractivity contribution in [1.29, 1.82) is 0 Å². The van der Waals surface area contributed by atoms with E-state index in [1.165, 1.54) is 108 Å². The zero-order valence-electron chi connectivity index (χ0n) is 40.6. The Bertz CT molecular complexity index is 4620. The molecular weight excluding hydrogens is 881 g/mol. The highest BCUT2D eigenvalue weighted by molar-refractivity contribution is 6.25. The van der Waals surface area contributed by atoms with E-state index in [4.69, 9.17) is 0 Å². The lowest BCUT2D eigenvalue weighted by molar-refractivity contribution is 0.661. The van der Waals surface area contributed by atoms with Crippen molar-refractivity contribution in [3.63, 3.8) is 0 Å². The van der Waals surface area contributed by atoms with E-state index in [1.807, 2.05) is 0 Å². The monoisotopic (exact) mass is 928 g/mol. The van der Waals surface area contributed by atoms with E-state index in [9.17, 15) is 0 Å². The first kappa shape index (κ1) is 41.5. The van der Waals surface area contributed by atoms with Gasteiger partial charge in [0.2, 0.25) is 0 Å². The number of hydrogen-bond donors (Lipinski definition) is 0. The summed E-state index contributed by atoms with van der Waals surface area (Å²) in [4.78, 5) is 5.11. The molecule has 15 rings (SSSR count). The fourth-order valence-electron chi connectivity index (χ4n) is 12.4. The smallest absolute Gasteiger partial charge is 0.0620 e. The first-order valence-corrected chi connectivity index (χ1v) is 25.5. The summed E-state index contributed by atoms with van der Waals surface area (Å²) >= 11 is 0. The zero-order valence-corrected chi connectivity index (χ0v) is 40.6. The molecule has 2 heteroatoms. The van der Waals surface area contributed by atoms with Crippen LogP contribution in [0, 0.1) is 0 Å². The van der Waals surface area contributed by atoms with Gasteiger partial charge in [-0.1, -0.05) is 184 Å². The van der Waals surface area contributed by atoms with Gasteiger partial charge in [-0.05, 0) is 172 Å². The Labute approximate surface area is 424 Å². The van der Waals surface area contributed by atoms with Gasteiger partial charge in [-0.3, -0.25) is 0 Å². The molecule has 0 aliphatic heterocycles. The predicted octanol–water partition coefficient (Wildman–Crippen LogP) is 20.2. The van der Waals surface area contributed by atoms with E-state index in [1.54, 1.807) is 0 Å². The third-order valence-electron chi connectivity index (χ3n) is 16.0. The average molecular weight is 929 g/mol. The van der Waals surface area contributed by atoms with Gasteiger partial charge >= 0.3 is 0 Å². The first-order chi connectivity index (χ1) is 35.9. The number of hydrogen-bond acceptors (Lipinski definition) is 2. The maximum absolute atomic E-state index is 2.56. The Morgan fingerprint density at radius 1 is 0.233 bits per heavy atom. The molecule has 0 fully saturated rings. The first-order valence-electron chi connectivity index (χ1n) is 25.5. The molecule has 0 saturated heterocycles. The fraction of sp³-hybridized carbons (Fsp3) is 0.0423. The van der Waals surface area contributed by atoms with Gasteiger partial charge in [-0.15, -0.1) is 0 Å². The van der Waals surface area contributed by atoms with Crippen LogP contribution >= 0.6 is 0 Å². The van der Waals surface area contributed by atoms with Gasteiger partial charge in [-0.2, -0.15) is 0 Å². The molecule has 0 aromatic heterocycles. The van der Waals surface area contributed by atoms with E-state index >= 15 is 0 Å². The Morgan fingerprint density at radius 2 is 0.562 bits per heavy atom. The van der Waals surface area contributed by atoms with Crippen LogP contribution in [0.5, 0.6) is 0 Å². The van der Waals surface area contributed by atoms with Crippen LogP contribution in [0.3, 0.4) is 0 Å². The Kier molecular flexibility index (Phi) is 9.04. The molecule has 14 aromatic carbocycles. The van der Waals surface area contributed by atoms with E-state index in [0.717, 1.165) is 34.1 Å². The molecule has 0 N–H and O–H groups in total. The van der Waals surface area contributed by atoms with E-state index in [2.05, 4.69) is 278 Å². The van der Waals surface area contributed by atoms with Crippen LogP contribution in [0.15, 0.2) is 255 Å². The number of nitrogens with zero attached hydrogens (tertiary/aromatic N) is 2. The predicted molar refractivity (Wildman–Crippen MR) is 313 cm³/mol. The number of rotatable bonds is 6. The second kappa shape index (κ2) is 15.9. The van der Waals surface area contributed by atoms with E-state index < -0.39 is 0 Å². The van der Waals surface area contributed by atoms with Crippen molar-refractivity contribution in [2.24, 2.45) is 0 Å². The van der Waals surface area contributed by atoms with Gasteiger partial charge in [-0.25, -0.2) is 0 Å². The molecule has 0 saturated carbocycles. The molecule has 0 spiro atoms. The van der Waals surface area contributed by atoms with Crippen LogP contribution in [0.25, 0.3) is 97.3 Å². The van der Waals surface area contributed by atoms with Gasteiger partial charge in [0.25, 0.3) is 0 Å². The lowest BCUT2D eigenvalue weighted by Crippen LogP contribution is -2.17. The summed E-state index contributed by atoms with van der Waals surface area (Å²) in [7, 11) is 0. The van der Waals surface area contributed by atoms with Crippen LogP contribution in [-0.4, -0.2) is 0 Å². The van der Waals surface area contributed by atoms with Crippen molar-refractivity contribution >= 4 is 120 Å². The molecule has 14 aromatic rings. The summed E-state index contributed by atoms with van der Waals surface area (Å²) in [5.74, 6) is 0. The average Bonchev–Trinajstić information content (AvgIpc) is 3.70. The van der Waals surface area contributed by atoms with Crippen LogP contribution < -0.4 is 9.80 Å². The minimum atomic E-state index is -0.236. The van der Waals surface area contributed by atoms with Crippen LogP contribution in [0.4, 0.5) is 34.1 Å². The van der Waals surface area contributed by atoms with Gasteiger partial charge in [0.1, 0.15) is 0 Å². The molecule has 0 radical (unpaired) electrons. The van der Waals surface area contributed by atoms with Crippen LogP contribution in [0.2, 0.25) is 0 Å². The summed E-state index contributed by atoms with van der Waals surface area (Å²) in [6.07, 6.45) is 0. The Balaban J connectivity index is 1.09. The molecule has 0 atom stereocenters. The lowest BCUT2D eigenvalue weighted by Gasteiger charge is -2.34. The maximum atomic E-state index is 2.56. The van der Waals surface area contributed by atoms with Crippen molar-refractivity contribution in [3.8, 4) is 11.1 Å². The molecular formula is C71H48N2. The van der Waals surface area contributed by atoms with E-state index in [-0.39, 0.29) is 5.41 Å². The SMILES string of the molecule is CC1(C)c2ccccc2-c2cc3c(N(c4ccc5ccccc5c4)c4ccc5cc6ccccc6cc5c4)c4ccccc4c(N(c4ccc5ccccc5c4)c4ccc5cc6ccccc6cc5c4)c3cc21. The second-order valence-electron chi connectivity index (χ2n) is 20.6. The molecule has 1 aliphatic rings. The normalized spacial score (nSPS) is 12.9. The molecule has 342 valence electrons. The minimum Gasteiger partial charge on any atom is -0.309 e. The van der Waals surface area contributed by atoms with Crippen molar-refractivity contribution in [2.45, 2.75) is 19.3 Å². The fourth-order valence-corrected chi connectivity index (χ4v) is 12.4. The summed E-state index contributed by atoms with van der Waals surface area (Å²) < 4.78 is 0. The molecule has 0 amide bonds. The van der Waals surface area contributed by atoms with Crippen molar-refractivity contribution in [1.82, 2.24) is 0 Å². The standard InChI is InChI=1S/C71H48N2/c1-71(2)67-26-14-13-23-61(67)64-43-65-66(44-68(64)71)70(73(58-32-28-46-16-4-6-22-52(46)40-58)60-34-30-54-36-48-18-8-10-20-50(48)38-56(54)42-60)63-25-12-11-24-62(63)69(65)72(57-31-27-45-15-3-5-21-51(45)39-57)59-33-29-53-35-47-17-7-9-19-49(47)37-55(53)41-59/h3-44H,1-2H3. The summed E-state index contributed by atoms with van der Waals surface area (Å²) in [6.45, 7) is 4.81. The summed E-state index contributed by atoms with van der Waals surface area (Å²) in [5, 5.41) is 19.3. The number of fused-ring (bicyclic) bond motifs is 11. The van der Waals surface area contributed by atoms with Gasteiger partial charge in [0.05, 0.1) is 11.4 Å². The second-order valence-corrected chi connectivity index (χ2v) is 20.6. The highest BCUT2D eigenvalue weighted by Gasteiger charge is 2.37.